The maximum atomic E-state index is 15.5. The second kappa shape index (κ2) is 18.6. The molecule has 334 valence electrons. The van der Waals surface area contributed by atoms with Crippen LogP contribution in [0.5, 0.6) is 23.1 Å². The number of methoxy groups -OCH3 is 1. The first-order valence-corrected chi connectivity index (χ1v) is 21.3. The van der Waals surface area contributed by atoms with Crippen LogP contribution >= 0.6 is 0 Å². The van der Waals surface area contributed by atoms with Crippen LogP contribution in [0.15, 0.2) is 77.9 Å². The number of hydrogen-bond acceptors (Lipinski definition) is 11. The number of aromatic nitrogens is 3. The van der Waals surface area contributed by atoms with Crippen LogP contribution < -0.4 is 35.6 Å². The lowest BCUT2D eigenvalue weighted by atomic mass is 10.0. The number of ether oxygens (including phenoxy) is 3. The molecule has 0 aliphatic carbocycles. The number of amides is 5. The Labute approximate surface area is 372 Å². The van der Waals surface area contributed by atoms with E-state index in [2.05, 4.69) is 25.9 Å². The highest BCUT2D eigenvalue weighted by Crippen LogP contribution is 2.37. The number of imide groups is 1. The minimum absolute atomic E-state index is 0.0302. The molecule has 0 radical (unpaired) electrons. The van der Waals surface area contributed by atoms with Gasteiger partial charge in [0.2, 0.25) is 29.0 Å². The number of carbonyl (C=O) groups is 5. The third kappa shape index (κ3) is 9.07. The molecule has 0 bridgehead atoms. The number of nitrogens with zero attached hydrogens (tertiary/aromatic N) is 4. The van der Waals surface area contributed by atoms with Gasteiger partial charge in [0.05, 0.1) is 30.1 Å². The van der Waals surface area contributed by atoms with Gasteiger partial charge in [0, 0.05) is 66.6 Å². The maximum absolute atomic E-state index is 15.5. The third-order valence-electron chi connectivity index (χ3n) is 11.8. The van der Waals surface area contributed by atoms with E-state index in [0.717, 1.165) is 18.1 Å². The van der Waals surface area contributed by atoms with E-state index < -0.39 is 29.1 Å². The van der Waals surface area contributed by atoms with Gasteiger partial charge in [-0.3, -0.25) is 34.1 Å². The van der Waals surface area contributed by atoms with E-state index >= 15 is 4.39 Å². The molecule has 65 heavy (non-hydrogen) atoms. The van der Waals surface area contributed by atoms with Crippen LogP contribution in [0.25, 0.3) is 21.8 Å². The lowest BCUT2D eigenvalue weighted by Crippen LogP contribution is -2.52. The molecule has 1 unspecified atom stereocenters. The van der Waals surface area contributed by atoms with Crippen molar-refractivity contribution in [2.75, 3.05) is 24.4 Å². The second-order valence-electron chi connectivity index (χ2n) is 15.9. The van der Waals surface area contributed by atoms with Crippen molar-refractivity contribution >= 4 is 62.7 Å². The van der Waals surface area contributed by atoms with Crippen LogP contribution in [-0.4, -0.2) is 68.7 Å². The van der Waals surface area contributed by atoms with Gasteiger partial charge >= 0.3 is 0 Å². The number of halogens is 1. The molecule has 8 rings (SSSR count). The predicted octanol–water partition coefficient (Wildman–Crippen LogP) is 6.88. The Morgan fingerprint density at radius 1 is 0.892 bits per heavy atom. The molecule has 3 N–H and O–H groups in total. The Morgan fingerprint density at radius 3 is 2.46 bits per heavy atom. The number of piperidine rings is 1. The second-order valence-corrected chi connectivity index (χ2v) is 15.9. The lowest BCUT2D eigenvalue weighted by molar-refractivity contribution is -0.137. The molecule has 1 fully saturated rings. The number of carbonyl (C=O) groups excluding carboxylic acids is 5. The number of unbranched alkanes of at least 4 members (excludes halogenated alkanes) is 2. The number of pyridine rings is 1. The van der Waals surface area contributed by atoms with Gasteiger partial charge in [-0.15, -0.1) is 0 Å². The van der Waals surface area contributed by atoms with Crippen LogP contribution in [0.1, 0.15) is 83.0 Å². The van der Waals surface area contributed by atoms with Crippen molar-refractivity contribution in [2.24, 2.45) is 7.05 Å². The number of fused-ring (bicyclic) bond motifs is 3. The first-order chi connectivity index (χ1) is 31.3. The molecule has 0 saturated carbocycles. The van der Waals surface area contributed by atoms with Gasteiger partial charge in [0.1, 0.15) is 17.9 Å². The molecule has 1 saturated heterocycles. The van der Waals surface area contributed by atoms with E-state index in [1.807, 2.05) is 19.1 Å². The Morgan fingerprint density at radius 2 is 1.69 bits per heavy atom. The van der Waals surface area contributed by atoms with Gasteiger partial charge < -0.3 is 34.3 Å². The summed E-state index contributed by atoms with van der Waals surface area (Å²) in [5, 5.41) is 8.69. The van der Waals surface area contributed by atoms with Crippen LogP contribution in [0, 0.1) is 12.7 Å². The maximum Gasteiger partial charge on any atom is 0.261 e. The molecule has 4 aromatic carbocycles. The zero-order chi connectivity index (χ0) is 45.9. The minimum atomic E-state index is -0.782. The quantitative estimate of drug-likeness (QED) is 0.0717. The summed E-state index contributed by atoms with van der Waals surface area (Å²) in [4.78, 5) is 86.7. The minimum Gasteiger partial charge on any atom is -0.493 e. The Bertz CT molecular complexity index is 2990. The Balaban J connectivity index is 0.837. The van der Waals surface area contributed by atoms with E-state index in [9.17, 15) is 28.8 Å². The molecule has 17 heteroatoms. The first kappa shape index (κ1) is 43.9. The van der Waals surface area contributed by atoms with E-state index in [1.165, 1.54) is 30.5 Å². The topological polar surface area (TPSA) is 200 Å². The number of aryl methyl sites for hydroxylation is 2. The monoisotopic (exact) mass is 883 g/mol. The highest BCUT2D eigenvalue weighted by atomic mass is 19.1. The average Bonchev–Trinajstić information content (AvgIpc) is 3.61. The fourth-order valence-electron chi connectivity index (χ4n) is 8.17. The number of anilines is 2. The van der Waals surface area contributed by atoms with Gasteiger partial charge in [0.25, 0.3) is 11.8 Å². The molecule has 2 aliphatic heterocycles. The van der Waals surface area contributed by atoms with Crippen molar-refractivity contribution in [3.63, 3.8) is 0 Å². The van der Waals surface area contributed by atoms with Crippen molar-refractivity contribution in [1.82, 2.24) is 24.8 Å². The Hall–Kier alpha value is -7.69. The Kier molecular flexibility index (Phi) is 12.6. The van der Waals surface area contributed by atoms with Crippen molar-refractivity contribution in [1.29, 1.82) is 0 Å². The third-order valence-corrected chi connectivity index (χ3v) is 11.8. The molecule has 2 aliphatic rings. The fourth-order valence-corrected chi connectivity index (χ4v) is 8.17. The highest BCUT2D eigenvalue weighted by molar-refractivity contribution is 6.07. The van der Waals surface area contributed by atoms with Gasteiger partial charge in [-0.2, -0.15) is 0 Å². The van der Waals surface area contributed by atoms with Crippen LogP contribution in [0.3, 0.4) is 0 Å². The van der Waals surface area contributed by atoms with E-state index in [-0.39, 0.29) is 66.4 Å². The van der Waals surface area contributed by atoms with E-state index in [1.54, 1.807) is 54.9 Å². The standard InChI is InChI=1S/C48H46FN7O9/c1-5-27-10-14-36-33(19-27)44(59)43(26(2)55(36)3)46(61)53-30-12-16-38(34(49)21-30)65-47-32-22-39(63-4)40(23-35(32)50-25-51-47)64-18-8-6-7-9-41(57)52-29-11-13-31-28(20-29)24-56(48(31)62)37-15-17-42(58)54-45(37)60/h10-14,16,19-23,25,37H,5-9,15,17-18,24H2,1-4H3,(H,52,57)(H,53,61)(H,54,58,60). The number of nitrogens with one attached hydrogen (secondary N) is 3. The normalized spacial score (nSPS) is 14.6. The van der Waals surface area contributed by atoms with E-state index in [0.29, 0.717) is 81.7 Å². The molecule has 0 spiro atoms. The summed E-state index contributed by atoms with van der Waals surface area (Å²) in [5.74, 6) is -2.05. The van der Waals surface area contributed by atoms with Gasteiger partial charge in [-0.1, -0.05) is 13.0 Å². The summed E-state index contributed by atoms with van der Waals surface area (Å²) in [6, 6.07) is 17.2. The van der Waals surface area contributed by atoms with Crippen LogP contribution in [0.4, 0.5) is 15.8 Å². The van der Waals surface area contributed by atoms with Crippen LogP contribution in [-0.2, 0) is 34.4 Å². The van der Waals surface area contributed by atoms with Gasteiger partial charge in [-0.05, 0) is 98.7 Å². The summed E-state index contributed by atoms with van der Waals surface area (Å²) >= 11 is 0. The summed E-state index contributed by atoms with van der Waals surface area (Å²) in [6.45, 7) is 4.21. The lowest BCUT2D eigenvalue weighted by Gasteiger charge is -2.29. The van der Waals surface area contributed by atoms with Crippen molar-refractivity contribution < 1.29 is 42.6 Å². The van der Waals surface area contributed by atoms with E-state index in [4.69, 9.17) is 14.2 Å². The smallest absolute Gasteiger partial charge is 0.261 e. The number of hydrogen-bond donors (Lipinski definition) is 3. The molecule has 6 aromatic rings. The molecule has 4 heterocycles. The molecule has 16 nitrogen and oxygen atoms in total. The van der Waals surface area contributed by atoms with Crippen molar-refractivity contribution in [3.05, 3.63) is 117 Å². The number of rotatable bonds is 15. The largest absolute Gasteiger partial charge is 0.493 e. The van der Waals surface area contributed by atoms with Crippen LogP contribution in [0.2, 0.25) is 0 Å². The fraction of sp³-hybridized carbons (Fsp3) is 0.292. The van der Waals surface area contributed by atoms with Gasteiger partial charge in [-0.25, -0.2) is 14.4 Å². The summed E-state index contributed by atoms with van der Waals surface area (Å²) in [7, 11) is 3.27. The zero-order valence-electron chi connectivity index (χ0n) is 36.2. The molecule has 5 amide bonds. The summed E-state index contributed by atoms with van der Waals surface area (Å²) < 4.78 is 34.9. The summed E-state index contributed by atoms with van der Waals surface area (Å²) in [6.07, 6.45) is 4.64. The zero-order valence-corrected chi connectivity index (χ0v) is 36.2. The SMILES string of the molecule is CCc1ccc2c(c1)c(=O)c(C(=O)Nc1ccc(Oc3ncnc4cc(OCCCCCC(=O)Nc5ccc6c(c5)CN(C5CCC(=O)NC5=O)C6=O)c(OC)cc34)c(F)c1)c(C)n2C. The molecule has 2 aromatic heterocycles. The molecule has 1 atom stereocenters. The molecular formula is C48H46FN7O9. The first-order valence-electron chi connectivity index (χ1n) is 21.3. The number of benzene rings is 4. The average molecular weight is 884 g/mol. The predicted molar refractivity (Wildman–Crippen MR) is 239 cm³/mol. The van der Waals surface area contributed by atoms with Gasteiger partial charge in [0.15, 0.2) is 23.1 Å². The van der Waals surface area contributed by atoms with Crippen molar-refractivity contribution in [2.45, 2.75) is 71.4 Å². The highest BCUT2D eigenvalue weighted by Gasteiger charge is 2.39. The molecular weight excluding hydrogens is 838 g/mol. The summed E-state index contributed by atoms with van der Waals surface area (Å²) in [5.41, 5.74) is 4.01. The van der Waals surface area contributed by atoms with Crippen molar-refractivity contribution in [3.8, 4) is 23.1 Å².